The SMILES string of the molecule is Cc1ccc2nc(Cc3cccs3)c(C(=O)O)n2c1. The van der Waals surface area contributed by atoms with Crippen LogP contribution in [0.4, 0.5) is 0 Å². The molecular weight excluding hydrogens is 260 g/mol. The second kappa shape index (κ2) is 4.51. The van der Waals surface area contributed by atoms with Gasteiger partial charge in [0.25, 0.3) is 0 Å². The Hall–Kier alpha value is -2.14. The molecule has 0 aliphatic rings. The Morgan fingerprint density at radius 1 is 1.42 bits per heavy atom. The first-order valence-electron chi connectivity index (χ1n) is 5.88. The second-order valence-electron chi connectivity index (χ2n) is 4.40. The van der Waals surface area contributed by atoms with Gasteiger partial charge in [-0.2, -0.15) is 0 Å². The average molecular weight is 272 g/mol. The van der Waals surface area contributed by atoms with Gasteiger partial charge in [-0.25, -0.2) is 9.78 Å². The molecule has 3 aromatic heterocycles. The van der Waals surface area contributed by atoms with E-state index in [1.165, 1.54) is 0 Å². The van der Waals surface area contributed by atoms with Crippen molar-refractivity contribution in [2.45, 2.75) is 13.3 Å². The molecule has 96 valence electrons. The summed E-state index contributed by atoms with van der Waals surface area (Å²) in [5.74, 6) is -0.940. The molecule has 3 aromatic rings. The quantitative estimate of drug-likeness (QED) is 0.797. The first kappa shape index (κ1) is 11.9. The van der Waals surface area contributed by atoms with Crippen LogP contribution in [0.5, 0.6) is 0 Å². The summed E-state index contributed by atoms with van der Waals surface area (Å²) in [6, 6.07) is 7.73. The summed E-state index contributed by atoms with van der Waals surface area (Å²) in [6.45, 7) is 1.93. The molecule has 0 aliphatic heterocycles. The van der Waals surface area contributed by atoms with Crippen LogP contribution in [-0.2, 0) is 6.42 Å². The highest BCUT2D eigenvalue weighted by atomic mass is 32.1. The molecule has 0 unspecified atom stereocenters. The second-order valence-corrected chi connectivity index (χ2v) is 5.44. The van der Waals surface area contributed by atoms with Gasteiger partial charge < -0.3 is 5.11 Å². The number of carboxylic acid groups (broad SMARTS) is 1. The molecule has 3 heterocycles. The van der Waals surface area contributed by atoms with E-state index in [4.69, 9.17) is 0 Å². The first-order chi connectivity index (χ1) is 9.15. The van der Waals surface area contributed by atoms with Crippen LogP contribution >= 0.6 is 11.3 Å². The monoisotopic (exact) mass is 272 g/mol. The van der Waals surface area contributed by atoms with Crippen molar-refractivity contribution in [1.29, 1.82) is 0 Å². The third kappa shape index (κ3) is 2.13. The van der Waals surface area contributed by atoms with Gasteiger partial charge in [-0.05, 0) is 30.0 Å². The zero-order chi connectivity index (χ0) is 13.4. The number of hydrogen-bond acceptors (Lipinski definition) is 3. The van der Waals surface area contributed by atoms with Crippen LogP contribution in [0.15, 0.2) is 35.8 Å². The molecule has 4 nitrogen and oxygen atoms in total. The maximum Gasteiger partial charge on any atom is 0.354 e. The lowest BCUT2D eigenvalue weighted by Crippen LogP contribution is -2.05. The summed E-state index contributed by atoms with van der Waals surface area (Å²) in [5.41, 5.74) is 2.55. The number of thiophene rings is 1. The predicted molar refractivity (Wildman–Crippen MR) is 74.0 cm³/mol. The molecule has 0 fully saturated rings. The van der Waals surface area contributed by atoms with E-state index in [9.17, 15) is 9.90 Å². The molecule has 0 bridgehead atoms. The molecule has 0 saturated carbocycles. The Bertz CT molecular complexity index is 744. The molecule has 0 aliphatic carbocycles. The Morgan fingerprint density at radius 2 is 2.26 bits per heavy atom. The summed E-state index contributed by atoms with van der Waals surface area (Å²) < 4.78 is 1.65. The minimum Gasteiger partial charge on any atom is -0.477 e. The van der Waals surface area contributed by atoms with Crippen LogP contribution in [0.1, 0.15) is 26.6 Å². The largest absolute Gasteiger partial charge is 0.477 e. The zero-order valence-corrected chi connectivity index (χ0v) is 11.1. The topological polar surface area (TPSA) is 54.6 Å². The van der Waals surface area contributed by atoms with Crippen LogP contribution in [-0.4, -0.2) is 20.5 Å². The van der Waals surface area contributed by atoms with Gasteiger partial charge in [0.2, 0.25) is 0 Å². The predicted octanol–water partition coefficient (Wildman–Crippen LogP) is 2.99. The third-order valence-corrected chi connectivity index (χ3v) is 3.84. The van der Waals surface area contributed by atoms with Crippen LogP contribution in [0.25, 0.3) is 5.65 Å². The van der Waals surface area contributed by atoms with Crippen molar-refractivity contribution in [3.63, 3.8) is 0 Å². The van der Waals surface area contributed by atoms with E-state index in [-0.39, 0.29) is 5.69 Å². The van der Waals surface area contributed by atoms with Crippen molar-refractivity contribution < 1.29 is 9.90 Å². The van der Waals surface area contributed by atoms with Gasteiger partial charge in [0, 0.05) is 17.5 Å². The molecule has 0 amide bonds. The lowest BCUT2D eigenvalue weighted by atomic mass is 10.2. The highest BCUT2D eigenvalue weighted by Gasteiger charge is 2.18. The maximum atomic E-state index is 11.5. The maximum absolute atomic E-state index is 11.5. The van der Waals surface area contributed by atoms with E-state index in [0.29, 0.717) is 17.8 Å². The van der Waals surface area contributed by atoms with Crippen molar-refractivity contribution >= 4 is 23.0 Å². The Labute approximate surface area is 114 Å². The zero-order valence-electron chi connectivity index (χ0n) is 10.3. The first-order valence-corrected chi connectivity index (χ1v) is 6.76. The number of carbonyl (C=O) groups is 1. The summed E-state index contributed by atoms with van der Waals surface area (Å²) in [5, 5.41) is 11.4. The summed E-state index contributed by atoms with van der Waals surface area (Å²) in [7, 11) is 0. The van der Waals surface area contributed by atoms with Gasteiger partial charge in [-0.3, -0.25) is 4.40 Å². The standard InChI is InChI=1S/C14H12N2O2S/c1-9-4-5-12-15-11(7-10-3-2-6-19-10)13(14(17)18)16(12)8-9/h2-6,8H,7H2,1H3,(H,17,18). The van der Waals surface area contributed by atoms with Gasteiger partial charge in [-0.15, -0.1) is 11.3 Å². The third-order valence-electron chi connectivity index (χ3n) is 2.96. The van der Waals surface area contributed by atoms with E-state index < -0.39 is 5.97 Å². The molecule has 0 saturated heterocycles. The van der Waals surface area contributed by atoms with Crippen LogP contribution < -0.4 is 0 Å². The molecule has 0 aromatic carbocycles. The Morgan fingerprint density at radius 3 is 2.95 bits per heavy atom. The minimum atomic E-state index is -0.940. The molecule has 0 radical (unpaired) electrons. The number of carboxylic acids is 1. The van der Waals surface area contributed by atoms with Gasteiger partial charge >= 0.3 is 5.97 Å². The van der Waals surface area contributed by atoms with Crippen molar-refractivity contribution in [2.24, 2.45) is 0 Å². The van der Waals surface area contributed by atoms with E-state index in [1.54, 1.807) is 15.7 Å². The Balaban J connectivity index is 2.18. The van der Waals surface area contributed by atoms with E-state index in [2.05, 4.69) is 4.98 Å². The van der Waals surface area contributed by atoms with Gasteiger partial charge in [0.05, 0.1) is 5.69 Å². The fourth-order valence-corrected chi connectivity index (χ4v) is 2.84. The molecule has 1 N–H and O–H groups in total. The molecule has 0 atom stereocenters. The average Bonchev–Trinajstić information content (AvgIpc) is 2.96. The molecular formula is C14H12N2O2S. The number of pyridine rings is 1. The summed E-state index contributed by atoms with van der Waals surface area (Å²) in [4.78, 5) is 17.0. The van der Waals surface area contributed by atoms with Crippen molar-refractivity contribution in [1.82, 2.24) is 9.38 Å². The van der Waals surface area contributed by atoms with Crippen molar-refractivity contribution in [2.75, 3.05) is 0 Å². The number of aromatic nitrogens is 2. The highest BCUT2D eigenvalue weighted by Crippen LogP contribution is 2.20. The smallest absolute Gasteiger partial charge is 0.354 e. The number of hydrogen-bond donors (Lipinski definition) is 1. The van der Waals surface area contributed by atoms with E-state index >= 15 is 0 Å². The van der Waals surface area contributed by atoms with E-state index in [1.807, 2.05) is 42.8 Å². The molecule has 19 heavy (non-hydrogen) atoms. The molecule has 3 rings (SSSR count). The van der Waals surface area contributed by atoms with Crippen LogP contribution in [0.3, 0.4) is 0 Å². The lowest BCUT2D eigenvalue weighted by molar-refractivity contribution is 0.0688. The fraction of sp³-hybridized carbons (Fsp3) is 0.143. The van der Waals surface area contributed by atoms with Gasteiger partial charge in [0.15, 0.2) is 5.69 Å². The van der Waals surface area contributed by atoms with Crippen LogP contribution in [0, 0.1) is 6.92 Å². The summed E-state index contributed by atoms with van der Waals surface area (Å²) >= 11 is 1.61. The minimum absolute atomic E-state index is 0.257. The highest BCUT2D eigenvalue weighted by molar-refractivity contribution is 7.09. The number of aryl methyl sites for hydroxylation is 1. The number of nitrogens with zero attached hydrogens (tertiary/aromatic N) is 2. The Kier molecular flexibility index (Phi) is 2.83. The van der Waals surface area contributed by atoms with E-state index in [0.717, 1.165) is 10.4 Å². The van der Waals surface area contributed by atoms with Crippen molar-refractivity contribution in [3.05, 3.63) is 57.7 Å². The number of fused-ring (bicyclic) bond motifs is 1. The fourth-order valence-electron chi connectivity index (χ4n) is 2.13. The normalized spacial score (nSPS) is 11.0. The lowest BCUT2D eigenvalue weighted by Gasteiger charge is -2.00. The number of imidazole rings is 1. The number of aromatic carboxylic acids is 1. The van der Waals surface area contributed by atoms with Crippen LogP contribution in [0.2, 0.25) is 0 Å². The van der Waals surface area contributed by atoms with Gasteiger partial charge in [0.1, 0.15) is 5.65 Å². The molecule has 0 spiro atoms. The van der Waals surface area contributed by atoms with Gasteiger partial charge in [-0.1, -0.05) is 12.1 Å². The summed E-state index contributed by atoms with van der Waals surface area (Å²) in [6.07, 6.45) is 2.36. The number of rotatable bonds is 3. The van der Waals surface area contributed by atoms with Crippen molar-refractivity contribution in [3.8, 4) is 0 Å². The molecule has 5 heteroatoms.